The minimum atomic E-state index is 0.802. The summed E-state index contributed by atoms with van der Waals surface area (Å²) in [6, 6.07) is 0. The van der Waals surface area contributed by atoms with E-state index in [1.165, 1.54) is 25.7 Å². The van der Waals surface area contributed by atoms with Gasteiger partial charge in [0.05, 0.1) is 6.54 Å². The van der Waals surface area contributed by atoms with Gasteiger partial charge in [0.2, 0.25) is 0 Å². The van der Waals surface area contributed by atoms with Crippen LogP contribution in [-0.4, -0.2) is 37.6 Å². The molecule has 0 saturated heterocycles. The molecule has 0 atom stereocenters. The number of unbranched alkanes of at least 4 members (excludes halogenated alkanes) is 1. The zero-order valence-electron chi connectivity index (χ0n) is 10.4. The molecule has 0 aliphatic rings. The van der Waals surface area contributed by atoms with Crippen LogP contribution < -0.4 is 5.32 Å². The van der Waals surface area contributed by atoms with Crippen LogP contribution in [0.15, 0.2) is 0 Å². The highest BCUT2D eigenvalue weighted by Crippen LogP contribution is 1.96. The maximum atomic E-state index is 5.33. The molecule has 2 heteroatoms. The smallest absolute Gasteiger partial charge is 0.0598 e. The number of nitrogens with one attached hydrogen (secondary N) is 1. The molecule has 0 rings (SSSR count). The number of hydrogen-bond acceptors (Lipinski definition) is 2. The normalized spacial score (nSPS) is 10.5. The second-order valence-corrected chi connectivity index (χ2v) is 3.94. The van der Waals surface area contributed by atoms with Gasteiger partial charge in [-0.3, -0.25) is 4.90 Å². The Balaban J connectivity index is 3.33. The first kappa shape index (κ1) is 14.5. The van der Waals surface area contributed by atoms with Gasteiger partial charge in [-0.25, -0.2) is 0 Å². The highest BCUT2D eigenvalue weighted by Gasteiger charge is 2.00. The summed E-state index contributed by atoms with van der Waals surface area (Å²) >= 11 is 0. The Labute approximate surface area is 95.4 Å². The molecule has 0 aliphatic heterocycles. The predicted molar refractivity (Wildman–Crippen MR) is 68.0 cm³/mol. The Morgan fingerprint density at radius 1 is 1.07 bits per heavy atom. The second-order valence-electron chi connectivity index (χ2n) is 3.94. The van der Waals surface area contributed by atoms with Gasteiger partial charge in [-0.05, 0) is 51.9 Å². The van der Waals surface area contributed by atoms with E-state index in [9.17, 15) is 0 Å². The van der Waals surface area contributed by atoms with Gasteiger partial charge < -0.3 is 5.32 Å². The Morgan fingerprint density at radius 2 is 1.87 bits per heavy atom. The summed E-state index contributed by atoms with van der Waals surface area (Å²) in [5, 5.41) is 3.41. The van der Waals surface area contributed by atoms with Crippen molar-refractivity contribution in [2.75, 3.05) is 32.7 Å². The van der Waals surface area contributed by atoms with E-state index in [1.807, 2.05) is 0 Å². The molecule has 0 aromatic heterocycles. The highest BCUT2D eigenvalue weighted by molar-refractivity contribution is 4.87. The van der Waals surface area contributed by atoms with Crippen molar-refractivity contribution >= 4 is 0 Å². The summed E-state index contributed by atoms with van der Waals surface area (Å²) in [5.41, 5.74) is 0. The van der Waals surface area contributed by atoms with Gasteiger partial charge in [-0.2, -0.15) is 0 Å². The molecule has 0 saturated carbocycles. The molecule has 2 nitrogen and oxygen atoms in total. The molecule has 0 radical (unpaired) electrons. The fourth-order valence-electron chi connectivity index (χ4n) is 1.60. The molecule has 0 amide bonds. The van der Waals surface area contributed by atoms with E-state index >= 15 is 0 Å². The minimum Gasteiger partial charge on any atom is -0.317 e. The highest BCUT2D eigenvalue weighted by atomic mass is 15.1. The van der Waals surface area contributed by atoms with Crippen LogP contribution in [0.4, 0.5) is 0 Å². The van der Waals surface area contributed by atoms with Gasteiger partial charge in [-0.15, -0.1) is 6.42 Å². The molecule has 0 aromatic carbocycles. The van der Waals surface area contributed by atoms with Crippen LogP contribution >= 0.6 is 0 Å². The summed E-state index contributed by atoms with van der Waals surface area (Å²) in [6.45, 7) is 9.76. The van der Waals surface area contributed by atoms with E-state index in [4.69, 9.17) is 6.42 Å². The number of hydrogen-bond donors (Lipinski definition) is 1. The van der Waals surface area contributed by atoms with Gasteiger partial charge in [0.25, 0.3) is 0 Å². The van der Waals surface area contributed by atoms with Crippen molar-refractivity contribution in [3.8, 4) is 12.3 Å². The average Bonchev–Trinajstić information content (AvgIpc) is 2.24. The monoisotopic (exact) mass is 210 g/mol. The lowest BCUT2D eigenvalue weighted by Crippen LogP contribution is -2.27. The summed E-state index contributed by atoms with van der Waals surface area (Å²) < 4.78 is 0. The fourth-order valence-corrected chi connectivity index (χ4v) is 1.60. The molecule has 0 unspecified atom stereocenters. The van der Waals surface area contributed by atoms with Crippen molar-refractivity contribution in [3.63, 3.8) is 0 Å². The third-order valence-corrected chi connectivity index (χ3v) is 2.36. The lowest BCUT2D eigenvalue weighted by Gasteiger charge is -2.18. The van der Waals surface area contributed by atoms with Crippen molar-refractivity contribution in [2.24, 2.45) is 0 Å². The summed E-state index contributed by atoms with van der Waals surface area (Å²) in [4.78, 5) is 2.36. The molecule has 1 N–H and O–H groups in total. The maximum Gasteiger partial charge on any atom is 0.0598 e. The van der Waals surface area contributed by atoms with Gasteiger partial charge in [0.1, 0.15) is 0 Å². The Hall–Kier alpha value is -0.520. The van der Waals surface area contributed by atoms with Crippen molar-refractivity contribution in [3.05, 3.63) is 0 Å². The molecule has 0 spiro atoms. The van der Waals surface area contributed by atoms with Crippen molar-refractivity contribution in [1.29, 1.82) is 0 Å². The second kappa shape index (κ2) is 11.6. The van der Waals surface area contributed by atoms with Crippen molar-refractivity contribution in [1.82, 2.24) is 10.2 Å². The van der Waals surface area contributed by atoms with Crippen LogP contribution in [0.3, 0.4) is 0 Å². The lowest BCUT2D eigenvalue weighted by atomic mass is 10.2. The van der Waals surface area contributed by atoms with Gasteiger partial charge in [0, 0.05) is 0 Å². The zero-order valence-corrected chi connectivity index (χ0v) is 10.4. The van der Waals surface area contributed by atoms with Crippen molar-refractivity contribution < 1.29 is 0 Å². The quantitative estimate of drug-likeness (QED) is 0.439. The molecule has 0 fully saturated rings. The van der Waals surface area contributed by atoms with Crippen LogP contribution in [0.25, 0.3) is 0 Å². The molecule has 15 heavy (non-hydrogen) atoms. The third-order valence-electron chi connectivity index (χ3n) is 2.36. The topological polar surface area (TPSA) is 15.3 Å². The van der Waals surface area contributed by atoms with E-state index < -0.39 is 0 Å². The van der Waals surface area contributed by atoms with Gasteiger partial charge >= 0.3 is 0 Å². The summed E-state index contributed by atoms with van der Waals surface area (Å²) in [7, 11) is 0. The van der Waals surface area contributed by atoms with Crippen LogP contribution in [0, 0.1) is 12.3 Å². The van der Waals surface area contributed by atoms with Gasteiger partial charge in [0.15, 0.2) is 0 Å². The molecule has 0 aliphatic carbocycles. The minimum absolute atomic E-state index is 0.802. The van der Waals surface area contributed by atoms with Crippen LogP contribution in [0.1, 0.15) is 39.5 Å². The molecule has 0 heterocycles. The maximum absolute atomic E-state index is 5.33. The first-order chi connectivity index (χ1) is 7.35. The largest absolute Gasteiger partial charge is 0.317 e. The lowest BCUT2D eigenvalue weighted by molar-refractivity contribution is 0.300. The number of rotatable bonds is 10. The molecule has 0 aromatic rings. The Morgan fingerprint density at radius 3 is 2.47 bits per heavy atom. The molecule has 0 bridgehead atoms. The fraction of sp³-hybridized carbons (Fsp3) is 0.846. The first-order valence-electron chi connectivity index (χ1n) is 6.21. The molecule has 88 valence electrons. The van der Waals surface area contributed by atoms with E-state index in [1.54, 1.807) is 0 Å². The molecular formula is C13H26N2. The van der Waals surface area contributed by atoms with Crippen LogP contribution in [-0.2, 0) is 0 Å². The zero-order chi connectivity index (χ0) is 11.4. The summed E-state index contributed by atoms with van der Waals surface area (Å²) in [6.07, 6.45) is 10.2. The standard InChI is InChI=1S/C13H26N2/c1-4-9-14-10-7-8-13-15(11-5-2)12-6-3/h2,14H,4,6-13H2,1,3H3. The first-order valence-corrected chi connectivity index (χ1v) is 6.21. The van der Waals surface area contributed by atoms with Crippen molar-refractivity contribution in [2.45, 2.75) is 39.5 Å². The van der Waals surface area contributed by atoms with E-state index in [2.05, 4.69) is 30.0 Å². The number of nitrogens with zero attached hydrogens (tertiary/aromatic N) is 1. The van der Waals surface area contributed by atoms with E-state index in [-0.39, 0.29) is 0 Å². The number of terminal acetylenes is 1. The average molecular weight is 210 g/mol. The van der Waals surface area contributed by atoms with Crippen LogP contribution in [0.5, 0.6) is 0 Å². The third kappa shape index (κ3) is 9.78. The van der Waals surface area contributed by atoms with Crippen LogP contribution in [0.2, 0.25) is 0 Å². The predicted octanol–water partition coefficient (Wildman–Crippen LogP) is 2.11. The molecular weight excluding hydrogens is 184 g/mol. The van der Waals surface area contributed by atoms with E-state index in [0.717, 1.165) is 32.7 Å². The Kier molecular flexibility index (Phi) is 11.2. The van der Waals surface area contributed by atoms with E-state index in [0.29, 0.717) is 0 Å². The SMILES string of the molecule is C#CCN(CCC)CCCCNCCC. The Bertz CT molecular complexity index is 160. The summed E-state index contributed by atoms with van der Waals surface area (Å²) in [5.74, 6) is 2.72. The van der Waals surface area contributed by atoms with Gasteiger partial charge in [-0.1, -0.05) is 19.8 Å².